The number of benzene rings is 1. The van der Waals surface area contributed by atoms with Gasteiger partial charge < -0.3 is 19.7 Å². The first-order valence-electron chi connectivity index (χ1n) is 8.13. The minimum absolute atomic E-state index is 0.716. The number of hydrogen-bond donors (Lipinski definition) is 1. The van der Waals surface area contributed by atoms with Crippen LogP contribution in [0.15, 0.2) is 24.3 Å². The van der Waals surface area contributed by atoms with Gasteiger partial charge in [0.15, 0.2) is 0 Å². The van der Waals surface area contributed by atoms with Gasteiger partial charge >= 0.3 is 0 Å². The van der Waals surface area contributed by atoms with E-state index in [1.54, 1.807) is 14.2 Å². The molecule has 0 amide bonds. The Morgan fingerprint density at radius 1 is 1.12 bits per heavy atom. The van der Waals surface area contributed by atoms with Gasteiger partial charge in [0.2, 0.25) is 5.95 Å². The third-order valence-electron chi connectivity index (χ3n) is 3.70. The Morgan fingerprint density at radius 3 is 2.58 bits per heavy atom. The molecule has 0 aliphatic carbocycles. The van der Waals surface area contributed by atoms with Crippen LogP contribution in [0, 0.1) is 6.92 Å². The standard InChI is InChI=1S/C18H26N4O2/c1-6-7-10-22(3)18-19-13(2)11-17(21-18)20-15-12-14(23-4)8-9-16(15)24-5/h8-9,11-12H,6-7,10H2,1-5H3,(H,19,20,21). The first-order chi connectivity index (χ1) is 11.6. The molecule has 6 heteroatoms. The van der Waals surface area contributed by atoms with E-state index < -0.39 is 0 Å². The van der Waals surface area contributed by atoms with E-state index in [1.807, 2.05) is 38.2 Å². The van der Waals surface area contributed by atoms with Gasteiger partial charge in [0.05, 0.1) is 19.9 Å². The van der Waals surface area contributed by atoms with Crippen molar-refractivity contribution in [2.75, 3.05) is 38.0 Å². The molecule has 130 valence electrons. The van der Waals surface area contributed by atoms with E-state index in [-0.39, 0.29) is 0 Å². The van der Waals surface area contributed by atoms with Crippen molar-refractivity contribution in [1.82, 2.24) is 9.97 Å². The maximum atomic E-state index is 5.41. The molecule has 24 heavy (non-hydrogen) atoms. The maximum Gasteiger partial charge on any atom is 0.227 e. The lowest BCUT2D eigenvalue weighted by atomic mass is 10.2. The number of aromatic nitrogens is 2. The summed E-state index contributed by atoms with van der Waals surface area (Å²) in [6.07, 6.45) is 2.25. The zero-order chi connectivity index (χ0) is 17.5. The molecule has 0 aliphatic rings. The number of ether oxygens (including phenoxy) is 2. The molecule has 0 fully saturated rings. The Morgan fingerprint density at radius 2 is 1.92 bits per heavy atom. The number of methoxy groups -OCH3 is 2. The highest BCUT2D eigenvalue weighted by Gasteiger charge is 2.10. The van der Waals surface area contributed by atoms with Crippen LogP contribution in [0.3, 0.4) is 0 Å². The molecule has 1 aromatic carbocycles. The van der Waals surface area contributed by atoms with Crippen molar-refractivity contribution in [3.8, 4) is 11.5 Å². The molecule has 1 heterocycles. The highest BCUT2D eigenvalue weighted by Crippen LogP contribution is 2.31. The van der Waals surface area contributed by atoms with Gasteiger partial charge in [0.25, 0.3) is 0 Å². The number of nitrogens with one attached hydrogen (secondary N) is 1. The van der Waals surface area contributed by atoms with Gasteiger partial charge in [-0.3, -0.25) is 0 Å². The molecule has 2 aromatic rings. The van der Waals surface area contributed by atoms with Crippen LogP contribution >= 0.6 is 0 Å². The molecule has 1 aromatic heterocycles. The Labute approximate surface area is 143 Å². The first kappa shape index (κ1) is 17.8. The van der Waals surface area contributed by atoms with Crippen LogP contribution in [0.5, 0.6) is 11.5 Å². The van der Waals surface area contributed by atoms with Crippen molar-refractivity contribution in [1.29, 1.82) is 0 Å². The number of anilines is 3. The fraction of sp³-hybridized carbons (Fsp3) is 0.444. The molecule has 0 atom stereocenters. The molecule has 2 rings (SSSR count). The smallest absolute Gasteiger partial charge is 0.227 e. The molecule has 1 N–H and O–H groups in total. The van der Waals surface area contributed by atoms with Gasteiger partial charge in [-0.05, 0) is 25.5 Å². The zero-order valence-electron chi connectivity index (χ0n) is 15.1. The summed E-state index contributed by atoms with van der Waals surface area (Å²) in [5.41, 5.74) is 1.71. The van der Waals surface area contributed by atoms with Gasteiger partial charge in [0.1, 0.15) is 17.3 Å². The van der Waals surface area contributed by atoms with Crippen LogP contribution in [-0.4, -0.2) is 37.8 Å². The molecular formula is C18H26N4O2. The summed E-state index contributed by atoms with van der Waals surface area (Å²) in [5.74, 6) is 2.93. The van der Waals surface area contributed by atoms with E-state index >= 15 is 0 Å². The highest BCUT2D eigenvalue weighted by molar-refractivity contribution is 5.67. The summed E-state index contributed by atoms with van der Waals surface area (Å²) in [6.45, 7) is 5.07. The van der Waals surface area contributed by atoms with Crippen molar-refractivity contribution in [2.24, 2.45) is 0 Å². The quantitative estimate of drug-likeness (QED) is 0.795. The molecule has 0 bridgehead atoms. The van der Waals surface area contributed by atoms with Crippen LogP contribution in [0.2, 0.25) is 0 Å². The van der Waals surface area contributed by atoms with Gasteiger partial charge in [-0.2, -0.15) is 4.98 Å². The van der Waals surface area contributed by atoms with Crippen LogP contribution in [-0.2, 0) is 0 Å². The maximum absolute atomic E-state index is 5.41. The molecule has 0 saturated carbocycles. The minimum Gasteiger partial charge on any atom is -0.497 e. The number of nitrogens with zero attached hydrogens (tertiary/aromatic N) is 3. The van der Waals surface area contributed by atoms with E-state index in [0.29, 0.717) is 5.95 Å². The summed E-state index contributed by atoms with van der Waals surface area (Å²) in [6, 6.07) is 7.52. The van der Waals surface area contributed by atoms with E-state index in [0.717, 1.165) is 48.1 Å². The lowest BCUT2D eigenvalue weighted by Gasteiger charge is -2.18. The van der Waals surface area contributed by atoms with Crippen LogP contribution < -0.4 is 19.7 Å². The first-order valence-corrected chi connectivity index (χ1v) is 8.13. The summed E-state index contributed by atoms with van der Waals surface area (Å²) in [5, 5.41) is 3.31. The molecule has 6 nitrogen and oxygen atoms in total. The van der Waals surface area contributed by atoms with Gasteiger partial charge in [0, 0.05) is 31.4 Å². The molecule has 0 saturated heterocycles. The number of rotatable bonds is 8. The summed E-state index contributed by atoms with van der Waals surface area (Å²) in [7, 11) is 5.30. The SMILES string of the molecule is CCCCN(C)c1nc(C)cc(Nc2cc(OC)ccc2OC)n1. The third-order valence-corrected chi connectivity index (χ3v) is 3.70. The molecule has 0 spiro atoms. The lowest BCUT2D eigenvalue weighted by molar-refractivity contribution is 0.405. The van der Waals surface area contributed by atoms with Gasteiger partial charge in [-0.1, -0.05) is 13.3 Å². The second-order valence-electron chi connectivity index (χ2n) is 5.66. The Bertz CT molecular complexity index is 676. The Kier molecular flexibility index (Phi) is 6.23. The number of unbranched alkanes of at least 4 members (excludes halogenated alkanes) is 1. The second-order valence-corrected chi connectivity index (χ2v) is 5.66. The number of hydrogen-bond acceptors (Lipinski definition) is 6. The fourth-order valence-electron chi connectivity index (χ4n) is 2.33. The van der Waals surface area contributed by atoms with Crippen LogP contribution in [0.25, 0.3) is 0 Å². The van der Waals surface area contributed by atoms with Crippen molar-refractivity contribution in [3.05, 3.63) is 30.0 Å². The van der Waals surface area contributed by atoms with Crippen molar-refractivity contribution in [3.63, 3.8) is 0 Å². The van der Waals surface area contributed by atoms with Crippen molar-refractivity contribution in [2.45, 2.75) is 26.7 Å². The van der Waals surface area contributed by atoms with E-state index in [1.165, 1.54) is 0 Å². The van der Waals surface area contributed by atoms with Gasteiger partial charge in [-0.25, -0.2) is 4.98 Å². The molecular weight excluding hydrogens is 304 g/mol. The average Bonchev–Trinajstić information content (AvgIpc) is 2.59. The monoisotopic (exact) mass is 330 g/mol. The highest BCUT2D eigenvalue weighted by atomic mass is 16.5. The largest absolute Gasteiger partial charge is 0.497 e. The van der Waals surface area contributed by atoms with Crippen LogP contribution in [0.4, 0.5) is 17.5 Å². The summed E-state index contributed by atoms with van der Waals surface area (Å²) < 4.78 is 10.7. The lowest BCUT2D eigenvalue weighted by Crippen LogP contribution is -2.21. The normalized spacial score (nSPS) is 10.4. The van der Waals surface area contributed by atoms with E-state index in [2.05, 4.69) is 27.1 Å². The van der Waals surface area contributed by atoms with Crippen molar-refractivity contribution < 1.29 is 9.47 Å². The molecule has 0 radical (unpaired) electrons. The third kappa shape index (κ3) is 4.50. The van der Waals surface area contributed by atoms with E-state index in [4.69, 9.17) is 9.47 Å². The molecule has 0 unspecified atom stereocenters. The Balaban J connectivity index is 2.28. The van der Waals surface area contributed by atoms with E-state index in [9.17, 15) is 0 Å². The number of aryl methyl sites for hydroxylation is 1. The second kappa shape index (κ2) is 8.38. The van der Waals surface area contributed by atoms with Crippen LogP contribution in [0.1, 0.15) is 25.5 Å². The summed E-state index contributed by atoms with van der Waals surface area (Å²) in [4.78, 5) is 11.2. The van der Waals surface area contributed by atoms with Crippen molar-refractivity contribution >= 4 is 17.5 Å². The Hall–Kier alpha value is -2.50. The summed E-state index contributed by atoms with van der Waals surface area (Å²) >= 11 is 0. The average molecular weight is 330 g/mol. The zero-order valence-corrected chi connectivity index (χ0v) is 15.1. The predicted molar refractivity (Wildman–Crippen MR) is 97.8 cm³/mol. The fourth-order valence-corrected chi connectivity index (χ4v) is 2.33. The van der Waals surface area contributed by atoms with Gasteiger partial charge in [-0.15, -0.1) is 0 Å². The molecule has 0 aliphatic heterocycles. The topological polar surface area (TPSA) is 59.5 Å². The minimum atomic E-state index is 0.716. The predicted octanol–water partition coefficient (Wildman–Crippen LogP) is 3.78.